The molecule has 0 aromatic carbocycles. The van der Waals surface area contributed by atoms with Gasteiger partial charge in [-0.1, -0.05) is 13.8 Å². The molecule has 0 saturated heterocycles. The SMILES string of the molecule is CC(C)C(N)C(CO)OC(C(F)(F)F)C(F)(F)F. The van der Waals surface area contributed by atoms with Crippen molar-refractivity contribution in [1.82, 2.24) is 0 Å². The minimum Gasteiger partial charge on any atom is -0.394 e. The van der Waals surface area contributed by atoms with Gasteiger partial charge in [-0.05, 0) is 5.92 Å². The van der Waals surface area contributed by atoms with Gasteiger partial charge in [0.25, 0.3) is 0 Å². The molecular weight excluding hydrogens is 268 g/mol. The molecule has 9 heteroatoms. The monoisotopic (exact) mass is 283 g/mol. The molecule has 0 aliphatic rings. The van der Waals surface area contributed by atoms with Crippen LogP contribution in [0.25, 0.3) is 0 Å². The van der Waals surface area contributed by atoms with E-state index in [2.05, 4.69) is 4.74 Å². The molecule has 0 radical (unpaired) electrons. The van der Waals surface area contributed by atoms with Gasteiger partial charge in [-0.3, -0.25) is 0 Å². The van der Waals surface area contributed by atoms with Crippen molar-refractivity contribution in [2.24, 2.45) is 11.7 Å². The first-order chi connectivity index (χ1) is 7.91. The number of nitrogens with two attached hydrogens (primary N) is 1. The van der Waals surface area contributed by atoms with E-state index in [0.717, 1.165) is 0 Å². The normalized spacial score (nSPS) is 17.3. The standard InChI is InChI=1S/C9H15F6NO2/c1-4(2)6(16)5(3-17)18-7(8(10,11)12)9(13,14)15/h4-7,17H,3,16H2,1-2H3. The molecule has 2 unspecified atom stereocenters. The summed E-state index contributed by atoms with van der Waals surface area (Å²) in [4.78, 5) is 0. The number of rotatable bonds is 5. The van der Waals surface area contributed by atoms with Gasteiger partial charge in [0.2, 0.25) is 6.10 Å². The van der Waals surface area contributed by atoms with Crippen molar-refractivity contribution in [1.29, 1.82) is 0 Å². The molecule has 110 valence electrons. The first kappa shape index (κ1) is 17.5. The highest BCUT2D eigenvalue weighted by Gasteiger charge is 2.59. The fourth-order valence-electron chi connectivity index (χ4n) is 1.20. The van der Waals surface area contributed by atoms with Gasteiger partial charge in [-0.2, -0.15) is 26.3 Å². The summed E-state index contributed by atoms with van der Waals surface area (Å²) >= 11 is 0. The summed E-state index contributed by atoms with van der Waals surface area (Å²) in [6.07, 6.45) is -16.9. The molecule has 0 amide bonds. The molecule has 0 aromatic rings. The lowest BCUT2D eigenvalue weighted by Crippen LogP contribution is -2.52. The average Bonchev–Trinajstić information content (AvgIpc) is 2.14. The van der Waals surface area contributed by atoms with E-state index in [1.165, 1.54) is 13.8 Å². The summed E-state index contributed by atoms with van der Waals surface area (Å²) in [6.45, 7) is 1.96. The maximum atomic E-state index is 12.2. The molecule has 0 aliphatic carbocycles. The number of hydrogen-bond acceptors (Lipinski definition) is 3. The van der Waals surface area contributed by atoms with Gasteiger partial charge >= 0.3 is 12.4 Å². The highest BCUT2D eigenvalue weighted by atomic mass is 19.4. The zero-order valence-electron chi connectivity index (χ0n) is 9.72. The van der Waals surface area contributed by atoms with Crippen LogP contribution >= 0.6 is 0 Å². The van der Waals surface area contributed by atoms with Crippen LogP contribution in [0, 0.1) is 5.92 Å². The predicted molar refractivity (Wildman–Crippen MR) is 50.7 cm³/mol. The molecule has 0 rings (SSSR count). The molecule has 0 aromatic heterocycles. The number of alkyl halides is 6. The quantitative estimate of drug-likeness (QED) is 0.757. The van der Waals surface area contributed by atoms with Crippen LogP contribution in [0.5, 0.6) is 0 Å². The Kier molecular flexibility index (Phi) is 5.89. The van der Waals surface area contributed by atoms with E-state index in [1.54, 1.807) is 0 Å². The van der Waals surface area contributed by atoms with Crippen LogP contribution in [0.4, 0.5) is 26.3 Å². The van der Waals surface area contributed by atoms with Gasteiger partial charge in [-0.15, -0.1) is 0 Å². The lowest BCUT2D eigenvalue weighted by atomic mass is 10.00. The van der Waals surface area contributed by atoms with Crippen LogP contribution in [-0.4, -0.2) is 42.3 Å². The largest absolute Gasteiger partial charge is 0.423 e. The second-order valence-electron chi connectivity index (χ2n) is 4.14. The first-order valence-electron chi connectivity index (χ1n) is 5.06. The Balaban J connectivity index is 4.97. The van der Waals surface area contributed by atoms with Crippen molar-refractivity contribution in [3.05, 3.63) is 0 Å². The van der Waals surface area contributed by atoms with Crippen molar-refractivity contribution in [2.75, 3.05) is 6.61 Å². The van der Waals surface area contributed by atoms with Crippen molar-refractivity contribution in [3.8, 4) is 0 Å². The second-order valence-corrected chi connectivity index (χ2v) is 4.14. The third-order valence-electron chi connectivity index (χ3n) is 2.28. The van der Waals surface area contributed by atoms with Gasteiger partial charge in [0.1, 0.15) is 0 Å². The third kappa shape index (κ3) is 4.99. The average molecular weight is 283 g/mol. The van der Waals surface area contributed by atoms with Gasteiger partial charge in [-0.25, -0.2) is 0 Å². The van der Waals surface area contributed by atoms with E-state index >= 15 is 0 Å². The van der Waals surface area contributed by atoms with E-state index in [1.807, 2.05) is 0 Å². The second kappa shape index (κ2) is 6.07. The van der Waals surface area contributed by atoms with Crippen molar-refractivity contribution < 1.29 is 36.2 Å². The molecule has 18 heavy (non-hydrogen) atoms. The summed E-state index contributed by atoms with van der Waals surface area (Å²) in [5, 5.41) is 8.79. The summed E-state index contributed by atoms with van der Waals surface area (Å²) < 4.78 is 77.2. The zero-order valence-corrected chi connectivity index (χ0v) is 9.72. The van der Waals surface area contributed by atoms with E-state index < -0.39 is 43.1 Å². The molecule has 0 bridgehead atoms. The summed E-state index contributed by atoms with van der Waals surface area (Å²) in [6, 6.07) is -1.14. The Morgan fingerprint density at radius 3 is 1.67 bits per heavy atom. The number of hydrogen-bond donors (Lipinski definition) is 2. The fraction of sp³-hybridized carbons (Fsp3) is 1.00. The maximum absolute atomic E-state index is 12.2. The highest BCUT2D eigenvalue weighted by molar-refractivity contribution is 4.82. The Labute approximate surface area is 99.9 Å². The zero-order chi connectivity index (χ0) is 14.7. The molecule has 3 N–H and O–H groups in total. The number of halogens is 6. The molecule has 0 saturated carbocycles. The molecule has 0 heterocycles. The lowest BCUT2D eigenvalue weighted by molar-refractivity contribution is -0.334. The summed E-state index contributed by atoms with van der Waals surface area (Å²) in [5.74, 6) is -0.440. The Morgan fingerprint density at radius 1 is 1.06 bits per heavy atom. The van der Waals surface area contributed by atoms with Gasteiger partial charge < -0.3 is 15.6 Å². The molecular formula is C9H15F6NO2. The van der Waals surface area contributed by atoms with Crippen LogP contribution in [-0.2, 0) is 4.74 Å². The molecule has 0 aliphatic heterocycles. The van der Waals surface area contributed by atoms with Crippen LogP contribution < -0.4 is 5.73 Å². The predicted octanol–water partition coefficient (Wildman–Crippen LogP) is 1.84. The smallest absolute Gasteiger partial charge is 0.394 e. The van der Waals surface area contributed by atoms with Crippen LogP contribution in [0.15, 0.2) is 0 Å². The van der Waals surface area contributed by atoms with Crippen LogP contribution in [0.2, 0.25) is 0 Å². The van der Waals surface area contributed by atoms with Crippen molar-refractivity contribution >= 4 is 0 Å². The van der Waals surface area contributed by atoms with E-state index in [0.29, 0.717) is 0 Å². The number of ether oxygens (including phenoxy) is 1. The van der Waals surface area contributed by atoms with E-state index in [9.17, 15) is 26.3 Å². The van der Waals surface area contributed by atoms with Crippen LogP contribution in [0.1, 0.15) is 13.8 Å². The van der Waals surface area contributed by atoms with Gasteiger partial charge in [0.05, 0.1) is 12.7 Å². The van der Waals surface area contributed by atoms with Crippen LogP contribution in [0.3, 0.4) is 0 Å². The fourth-order valence-corrected chi connectivity index (χ4v) is 1.20. The van der Waals surface area contributed by atoms with E-state index in [-0.39, 0.29) is 0 Å². The first-order valence-corrected chi connectivity index (χ1v) is 5.06. The maximum Gasteiger partial charge on any atom is 0.423 e. The van der Waals surface area contributed by atoms with Gasteiger partial charge in [0, 0.05) is 6.04 Å². The van der Waals surface area contributed by atoms with Crippen molar-refractivity contribution in [2.45, 2.75) is 44.4 Å². The number of aliphatic hydroxyl groups excluding tert-OH is 1. The molecule has 2 atom stereocenters. The lowest BCUT2D eigenvalue weighted by Gasteiger charge is -2.31. The summed E-state index contributed by atoms with van der Waals surface area (Å²) in [7, 11) is 0. The third-order valence-corrected chi connectivity index (χ3v) is 2.28. The van der Waals surface area contributed by atoms with Gasteiger partial charge in [0.15, 0.2) is 0 Å². The highest BCUT2D eigenvalue weighted by Crippen LogP contribution is 2.36. The minimum atomic E-state index is -5.61. The molecule has 0 fully saturated rings. The molecule has 3 nitrogen and oxygen atoms in total. The Morgan fingerprint density at radius 2 is 1.44 bits per heavy atom. The number of aliphatic hydroxyl groups is 1. The Hall–Kier alpha value is -0.540. The topological polar surface area (TPSA) is 55.5 Å². The van der Waals surface area contributed by atoms with E-state index in [4.69, 9.17) is 10.8 Å². The minimum absolute atomic E-state index is 0.440. The Bertz CT molecular complexity index is 238. The van der Waals surface area contributed by atoms with Crippen molar-refractivity contribution in [3.63, 3.8) is 0 Å². The molecule has 0 spiro atoms. The summed E-state index contributed by atoms with van der Waals surface area (Å²) in [5.41, 5.74) is 5.39.